The van der Waals surface area contributed by atoms with E-state index in [1.165, 1.54) is 31.9 Å². The van der Waals surface area contributed by atoms with E-state index in [2.05, 4.69) is 0 Å². The Hall–Kier alpha value is 0.0700. The maximum atomic E-state index is 9.11. The van der Waals surface area contributed by atoms with Gasteiger partial charge in [-0.3, -0.25) is 0 Å². The van der Waals surface area contributed by atoms with E-state index in [0.29, 0.717) is 0 Å². The Morgan fingerprint density at radius 3 is 1.17 bits per heavy atom. The number of nitrogens with zero attached hydrogens (tertiary/aromatic N) is 1. The zero-order valence-corrected chi connectivity index (χ0v) is 9.36. The van der Waals surface area contributed by atoms with Crippen LogP contribution in [0.1, 0.15) is 25.7 Å². The van der Waals surface area contributed by atoms with E-state index in [9.17, 15) is 0 Å². The van der Waals surface area contributed by atoms with Gasteiger partial charge < -0.3 is 9.45 Å². The van der Waals surface area contributed by atoms with Crippen LogP contribution in [0, 0.1) is 0 Å². The van der Waals surface area contributed by atoms with Gasteiger partial charge in [-0.25, -0.2) is 4.21 Å². The average Bonchev–Trinajstić information content (AvgIpc) is 1.50. The van der Waals surface area contributed by atoms with Gasteiger partial charge in [-0.2, -0.15) is 0 Å². The number of hydrogen-bond acceptors (Lipinski definition) is 2. The largest absolute Gasteiger partial charge is 0.312 e. The molecule has 12 heavy (non-hydrogen) atoms. The van der Waals surface area contributed by atoms with Gasteiger partial charge in [-0.05, 0) is 21.1 Å². The third-order valence-electron chi connectivity index (χ3n) is 1.000. The SMILES string of the molecule is C1CCC1.CN(C)C.CS(=O)O. The van der Waals surface area contributed by atoms with E-state index in [0.717, 1.165) is 0 Å². The molecular formula is C8H21NO2S. The van der Waals surface area contributed by atoms with Crippen molar-refractivity contribution in [2.24, 2.45) is 0 Å². The second-order valence-corrected chi connectivity index (χ2v) is 4.03. The van der Waals surface area contributed by atoms with Crippen LogP contribution in [0.3, 0.4) is 0 Å². The molecule has 0 aliphatic heterocycles. The van der Waals surface area contributed by atoms with Crippen LogP contribution in [0.4, 0.5) is 0 Å². The fourth-order valence-electron chi connectivity index (χ4n) is 0.250. The van der Waals surface area contributed by atoms with Crippen molar-refractivity contribution in [1.82, 2.24) is 4.90 Å². The molecule has 0 aromatic rings. The van der Waals surface area contributed by atoms with Gasteiger partial charge in [0.05, 0.1) is 0 Å². The highest BCUT2D eigenvalue weighted by Gasteiger charge is 1.95. The molecule has 1 N–H and O–H groups in total. The lowest BCUT2D eigenvalue weighted by Gasteiger charge is -2.05. The van der Waals surface area contributed by atoms with E-state index in [4.69, 9.17) is 8.76 Å². The summed E-state index contributed by atoms with van der Waals surface area (Å²) in [4.78, 5) is 2.00. The summed E-state index contributed by atoms with van der Waals surface area (Å²) in [6, 6.07) is 0. The van der Waals surface area contributed by atoms with Crippen molar-refractivity contribution in [2.75, 3.05) is 27.4 Å². The van der Waals surface area contributed by atoms with Gasteiger partial charge in [0.1, 0.15) is 11.1 Å². The molecule has 1 rings (SSSR count). The van der Waals surface area contributed by atoms with Crippen LogP contribution >= 0.6 is 0 Å². The van der Waals surface area contributed by atoms with Crippen molar-refractivity contribution in [3.63, 3.8) is 0 Å². The summed E-state index contributed by atoms with van der Waals surface area (Å²) in [5.74, 6) is 0. The lowest BCUT2D eigenvalue weighted by atomic mass is 10.0. The standard InChI is InChI=1S/C4H8.C3H9N.CH4O2S/c1-2-4-3-1;2*1-4(2)3/h1-4H2;1-3H3;1H3,(H,2,3). The molecule has 0 radical (unpaired) electrons. The molecule has 1 atom stereocenters. The molecule has 0 amide bonds. The summed E-state index contributed by atoms with van der Waals surface area (Å²) in [6.45, 7) is 0. The second-order valence-electron chi connectivity index (χ2n) is 3.18. The van der Waals surface area contributed by atoms with E-state index < -0.39 is 11.1 Å². The Labute approximate surface area is 78.4 Å². The molecule has 1 saturated carbocycles. The molecule has 0 spiro atoms. The van der Waals surface area contributed by atoms with Gasteiger partial charge in [-0.1, -0.05) is 25.7 Å². The zero-order valence-electron chi connectivity index (χ0n) is 8.54. The van der Waals surface area contributed by atoms with Gasteiger partial charge in [0, 0.05) is 6.26 Å². The van der Waals surface area contributed by atoms with E-state index in [1.54, 1.807) is 0 Å². The monoisotopic (exact) mass is 195 g/mol. The van der Waals surface area contributed by atoms with Crippen LogP contribution in [0.15, 0.2) is 0 Å². The minimum Gasteiger partial charge on any atom is -0.312 e. The zero-order chi connectivity index (χ0) is 9.98. The van der Waals surface area contributed by atoms with Crippen LogP contribution in [-0.4, -0.2) is 41.1 Å². The molecule has 1 aliphatic rings. The molecule has 1 fully saturated rings. The second kappa shape index (κ2) is 11.1. The third kappa shape index (κ3) is 50.0. The first-order valence-electron chi connectivity index (χ1n) is 4.10. The summed E-state index contributed by atoms with van der Waals surface area (Å²) in [5, 5.41) is 0. The van der Waals surface area contributed by atoms with Gasteiger partial charge in [0.25, 0.3) is 0 Å². The molecule has 0 saturated heterocycles. The normalized spacial score (nSPS) is 16.2. The highest BCUT2D eigenvalue weighted by atomic mass is 32.2. The van der Waals surface area contributed by atoms with Crippen LogP contribution in [-0.2, 0) is 11.1 Å². The van der Waals surface area contributed by atoms with Gasteiger partial charge >= 0.3 is 0 Å². The summed E-state index contributed by atoms with van der Waals surface area (Å²) < 4.78 is 16.6. The van der Waals surface area contributed by atoms with Gasteiger partial charge in [0.15, 0.2) is 0 Å². The third-order valence-corrected chi connectivity index (χ3v) is 1.000. The van der Waals surface area contributed by atoms with Crippen LogP contribution in [0.5, 0.6) is 0 Å². The first-order chi connectivity index (χ1) is 5.46. The first-order valence-corrected chi connectivity index (χ1v) is 5.61. The van der Waals surface area contributed by atoms with Crippen molar-refractivity contribution in [3.05, 3.63) is 0 Å². The lowest BCUT2D eigenvalue weighted by molar-refractivity contribution is 0.504. The minimum atomic E-state index is -1.61. The smallest absolute Gasteiger partial charge is 0.149 e. The fourth-order valence-corrected chi connectivity index (χ4v) is 0.250. The first kappa shape index (κ1) is 14.6. The van der Waals surface area contributed by atoms with Crippen LogP contribution in [0.2, 0.25) is 0 Å². The fraction of sp³-hybridized carbons (Fsp3) is 1.00. The van der Waals surface area contributed by atoms with Crippen molar-refractivity contribution in [1.29, 1.82) is 0 Å². The quantitative estimate of drug-likeness (QED) is 0.597. The number of hydrogen-bond donors (Lipinski definition) is 1. The molecule has 4 heteroatoms. The molecule has 3 nitrogen and oxygen atoms in total. The lowest BCUT2D eigenvalue weighted by Crippen LogP contribution is -1.99. The predicted molar refractivity (Wildman–Crippen MR) is 54.8 cm³/mol. The maximum Gasteiger partial charge on any atom is 0.149 e. The van der Waals surface area contributed by atoms with E-state index >= 15 is 0 Å². The average molecular weight is 195 g/mol. The Kier molecular flexibility index (Phi) is 13.5. The molecule has 1 unspecified atom stereocenters. The van der Waals surface area contributed by atoms with Crippen molar-refractivity contribution >= 4 is 11.1 Å². The molecule has 0 aromatic heterocycles. The Bertz CT molecular complexity index is 92.5. The van der Waals surface area contributed by atoms with Crippen molar-refractivity contribution in [3.8, 4) is 0 Å². The maximum absolute atomic E-state index is 9.11. The summed E-state index contributed by atoms with van der Waals surface area (Å²) >= 11 is -1.61. The Morgan fingerprint density at radius 2 is 1.17 bits per heavy atom. The predicted octanol–water partition coefficient (Wildman–Crippen LogP) is 1.58. The highest BCUT2D eigenvalue weighted by molar-refractivity contribution is 7.78. The molecule has 76 valence electrons. The Morgan fingerprint density at radius 1 is 1.08 bits per heavy atom. The molecule has 0 bridgehead atoms. The van der Waals surface area contributed by atoms with Crippen LogP contribution < -0.4 is 0 Å². The van der Waals surface area contributed by atoms with Crippen molar-refractivity contribution in [2.45, 2.75) is 25.7 Å². The highest BCUT2D eigenvalue weighted by Crippen LogP contribution is 2.15. The van der Waals surface area contributed by atoms with Gasteiger partial charge in [0.2, 0.25) is 0 Å². The van der Waals surface area contributed by atoms with Gasteiger partial charge in [-0.15, -0.1) is 0 Å². The molecule has 1 aliphatic carbocycles. The summed E-state index contributed by atoms with van der Waals surface area (Å²) in [5.41, 5.74) is 0. The topological polar surface area (TPSA) is 40.5 Å². The van der Waals surface area contributed by atoms with Crippen molar-refractivity contribution < 1.29 is 8.76 Å². The summed E-state index contributed by atoms with van der Waals surface area (Å²) in [7, 11) is 6.00. The van der Waals surface area contributed by atoms with E-state index in [-0.39, 0.29) is 0 Å². The number of rotatable bonds is 0. The molecule has 0 heterocycles. The van der Waals surface area contributed by atoms with E-state index in [1.807, 2.05) is 26.0 Å². The molecule has 0 aromatic carbocycles. The Balaban J connectivity index is 0. The minimum absolute atomic E-state index is 1.19. The molecular weight excluding hydrogens is 174 g/mol. The van der Waals surface area contributed by atoms with Crippen LogP contribution in [0.25, 0.3) is 0 Å². The summed E-state index contributed by atoms with van der Waals surface area (Å²) in [6.07, 6.45) is 7.19.